The van der Waals surface area contributed by atoms with E-state index in [1.807, 2.05) is 0 Å². The maximum atomic E-state index is 13.1. The predicted molar refractivity (Wildman–Crippen MR) is 183 cm³/mol. The first kappa shape index (κ1) is 37.2. The summed E-state index contributed by atoms with van der Waals surface area (Å²) in [5.74, 6) is 2.48. The third kappa shape index (κ3) is 5.75. The van der Waals surface area contributed by atoms with E-state index in [9.17, 15) is 25.2 Å². The first-order valence-electron chi connectivity index (χ1n) is 20.0. The van der Waals surface area contributed by atoms with E-state index >= 15 is 0 Å². The Bertz CT molecular complexity index is 1310. The summed E-state index contributed by atoms with van der Waals surface area (Å²) >= 11 is 0. The number of rotatable bonds is 4. The van der Waals surface area contributed by atoms with Crippen molar-refractivity contribution in [3.63, 3.8) is 0 Å². The number of hydrogen-bond donors (Lipinski definition) is 5. The molecule has 0 bridgehead atoms. The summed E-state index contributed by atoms with van der Waals surface area (Å²) in [5, 5.41) is 42.4. The Morgan fingerprint density at radius 2 is 1.51 bits per heavy atom. The number of carbonyl (C=O) groups is 1. The molecule has 0 aromatic carbocycles. The van der Waals surface area contributed by atoms with Crippen LogP contribution >= 0.6 is 0 Å². The van der Waals surface area contributed by atoms with Crippen LogP contribution in [0, 0.1) is 52.3 Å². The van der Waals surface area contributed by atoms with Crippen molar-refractivity contribution in [2.45, 2.75) is 179 Å². The van der Waals surface area contributed by atoms with Gasteiger partial charge in [0.15, 0.2) is 18.4 Å². The maximum Gasteiger partial charge on any atom is 0.187 e. The van der Waals surface area contributed by atoms with Gasteiger partial charge in [-0.05, 0) is 98.7 Å². The molecule has 6 N–H and O–H groups in total. The fourth-order valence-corrected chi connectivity index (χ4v) is 13.0. The Balaban J connectivity index is 1.04. The molecular weight excluding hydrogens is 658 g/mol. The average Bonchev–Trinajstić information content (AvgIpc) is 3.54. The number of aliphatic hydroxyl groups is 4. The van der Waals surface area contributed by atoms with Gasteiger partial charge in [-0.15, -0.1) is 0 Å². The van der Waals surface area contributed by atoms with Gasteiger partial charge in [0.05, 0.1) is 37.1 Å². The van der Waals surface area contributed by atoms with Crippen molar-refractivity contribution in [2.75, 3.05) is 6.61 Å². The second kappa shape index (κ2) is 13.2. The van der Waals surface area contributed by atoms with Gasteiger partial charge in [0.2, 0.25) is 0 Å². The highest BCUT2D eigenvalue weighted by atomic mass is 16.7. The normalized spacial score (nSPS) is 60.0. The third-order valence-electron chi connectivity index (χ3n) is 16.0. The standard InChI is InChI=1S/C39H63NO11/c1-17-7-12-39(46-16-17)18(2)28-27(51-39)15-24-22-14-26(25-13-21(41)8-10-37(25,5)23(22)9-11-38(24,28)6)49-35-29(40)34(31(43)20(4)47-35)50-36-33(45)32(44)30(42)19(3)48-36/h17-20,22-36,42-45H,7-16,40H2,1-6H3/t17-,18-,19-,20+,22?,23?,24?,25+,26?,27?,28?,29+,30-,31+,32+,33+,34+,35+,36-,37+,38-,39+/m0/s1. The molecule has 4 aliphatic carbocycles. The molecule has 12 nitrogen and oxygen atoms in total. The monoisotopic (exact) mass is 721 g/mol. The molecule has 6 unspecified atom stereocenters. The van der Waals surface area contributed by atoms with E-state index in [1.165, 1.54) is 0 Å². The number of hydrogen-bond acceptors (Lipinski definition) is 12. The molecule has 0 aromatic rings. The van der Waals surface area contributed by atoms with Crippen LogP contribution in [0.1, 0.15) is 99.3 Å². The van der Waals surface area contributed by atoms with Gasteiger partial charge in [0, 0.05) is 25.2 Å². The van der Waals surface area contributed by atoms with Crippen LogP contribution in [0.2, 0.25) is 0 Å². The zero-order valence-electron chi connectivity index (χ0n) is 31.3. The zero-order chi connectivity index (χ0) is 36.4. The number of Topliss-reactive ketones (excluding diaryl/α,β-unsaturated/α-hetero) is 1. The van der Waals surface area contributed by atoms with Gasteiger partial charge in [0.1, 0.15) is 36.3 Å². The Labute approximate surface area is 302 Å². The van der Waals surface area contributed by atoms with Gasteiger partial charge < -0.3 is 54.6 Å². The summed E-state index contributed by atoms with van der Waals surface area (Å²) in [7, 11) is 0. The molecule has 1 spiro atoms. The van der Waals surface area contributed by atoms with E-state index < -0.39 is 67.1 Å². The summed E-state index contributed by atoms with van der Waals surface area (Å²) < 4.78 is 38.6. The van der Waals surface area contributed by atoms with Crippen LogP contribution in [-0.4, -0.2) is 112 Å². The summed E-state index contributed by atoms with van der Waals surface area (Å²) in [6.45, 7) is 13.6. The first-order chi connectivity index (χ1) is 24.1. The van der Waals surface area contributed by atoms with E-state index in [2.05, 4.69) is 27.7 Å². The summed E-state index contributed by atoms with van der Waals surface area (Å²) in [6, 6.07) is -0.958. The predicted octanol–water partition coefficient (Wildman–Crippen LogP) is 2.64. The number of ketones is 1. The second-order valence-electron chi connectivity index (χ2n) is 18.7. The first-order valence-corrected chi connectivity index (χ1v) is 20.0. The van der Waals surface area contributed by atoms with Crippen molar-refractivity contribution in [2.24, 2.45) is 58.0 Å². The molecule has 8 aliphatic rings. The van der Waals surface area contributed by atoms with Crippen LogP contribution in [0.5, 0.6) is 0 Å². The van der Waals surface area contributed by atoms with Gasteiger partial charge in [-0.3, -0.25) is 4.79 Å². The number of nitrogens with two attached hydrogens (primary N) is 1. The molecule has 22 atom stereocenters. The van der Waals surface area contributed by atoms with Crippen LogP contribution in [0.3, 0.4) is 0 Å². The van der Waals surface area contributed by atoms with Gasteiger partial charge in [-0.1, -0.05) is 27.7 Å². The van der Waals surface area contributed by atoms with Crippen molar-refractivity contribution < 1.29 is 53.6 Å². The SMILES string of the molecule is C[C@H]1CC[C@@]2(OC1)OC1CC3C4CC(O[C@H]5O[C@H](C)[C@@H](O)[C@H](O[C@@H]6O[C@@H](C)[C@H](O)[C@@H](O)[C@H]6O)[C@H]5N)[C@H]5CC(=O)CC[C@]5(C)C4CC[C@]3(C)C1[C@@H]2C. The van der Waals surface area contributed by atoms with Gasteiger partial charge in [-0.25, -0.2) is 0 Å². The van der Waals surface area contributed by atoms with Crippen LogP contribution in [0.25, 0.3) is 0 Å². The lowest BCUT2D eigenvalue weighted by Crippen LogP contribution is -2.66. The molecule has 12 heteroatoms. The Morgan fingerprint density at radius 1 is 0.784 bits per heavy atom. The van der Waals surface area contributed by atoms with Crippen LogP contribution in [0.4, 0.5) is 0 Å². The molecule has 4 heterocycles. The number of aliphatic hydroxyl groups excluding tert-OH is 4. The van der Waals surface area contributed by atoms with E-state index in [0.717, 1.165) is 51.6 Å². The molecule has 290 valence electrons. The van der Waals surface area contributed by atoms with E-state index in [1.54, 1.807) is 13.8 Å². The Hall–Kier alpha value is -0.770. The highest BCUT2D eigenvalue weighted by Gasteiger charge is 2.70. The van der Waals surface area contributed by atoms with Crippen molar-refractivity contribution in [1.82, 2.24) is 0 Å². The molecular formula is C39H63NO11. The minimum absolute atomic E-state index is 0.0136. The van der Waals surface area contributed by atoms with E-state index in [0.29, 0.717) is 48.3 Å². The van der Waals surface area contributed by atoms with Gasteiger partial charge in [-0.2, -0.15) is 0 Å². The van der Waals surface area contributed by atoms with Gasteiger partial charge >= 0.3 is 0 Å². The Morgan fingerprint density at radius 3 is 2.24 bits per heavy atom. The largest absolute Gasteiger partial charge is 0.388 e. The summed E-state index contributed by atoms with van der Waals surface area (Å²) in [6.07, 6.45) is -2.32. The van der Waals surface area contributed by atoms with Gasteiger partial charge in [0.25, 0.3) is 0 Å². The summed E-state index contributed by atoms with van der Waals surface area (Å²) in [4.78, 5) is 13.1. The van der Waals surface area contributed by atoms with E-state index in [-0.39, 0.29) is 34.7 Å². The number of ether oxygens (including phenoxy) is 6. The number of fused-ring (bicyclic) bond motifs is 7. The smallest absolute Gasteiger partial charge is 0.187 e. The van der Waals surface area contributed by atoms with Crippen molar-refractivity contribution >= 4 is 5.78 Å². The lowest BCUT2D eigenvalue weighted by molar-refractivity contribution is -0.343. The molecule has 4 saturated carbocycles. The molecule has 4 saturated heterocycles. The lowest BCUT2D eigenvalue weighted by atomic mass is 9.43. The molecule has 0 amide bonds. The molecule has 0 aromatic heterocycles. The van der Waals surface area contributed by atoms with Crippen molar-refractivity contribution in [1.29, 1.82) is 0 Å². The zero-order valence-corrected chi connectivity index (χ0v) is 31.3. The topological polar surface area (TPSA) is 179 Å². The maximum absolute atomic E-state index is 13.1. The minimum atomic E-state index is -1.54. The lowest BCUT2D eigenvalue weighted by Gasteiger charge is -2.62. The van der Waals surface area contributed by atoms with Crippen LogP contribution in [0.15, 0.2) is 0 Å². The second-order valence-corrected chi connectivity index (χ2v) is 18.7. The van der Waals surface area contributed by atoms with E-state index in [4.69, 9.17) is 34.2 Å². The molecule has 4 aliphatic heterocycles. The minimum Gasteiger partial charge on any atom is -0.388 e. The fraction of sp³-hybridized carbons (Fsp3) is 0.974. The molecule has 51 heavy (non-hydrogen) atoms. The number of carbonyl (C=O) groups excluding carboxylic acids is 1. The molecule has 8 rings (SSSR count). The highest BCUT2D eigenvalue weighted by Crippen LogP contribution is 2.71. The molecule has 0 radical (unpaired) electrons. The Kier molecular flexibility index (Phi) is 9.60. The quantitative estimate of drug-likeness (QED) is 0.269. The van der Waals surface area contributed by atoms with Crippen molar-refractivity contribution in [3.8, 4) is 0 Å². The summed E-state index contributed by atoms with van der Waals surface area (Å²) in [5.41, 5.74) is 6.83. The van der Waals surface area contributed by atoms with Crippen LogP contribution < -0.4 is 5.73 Å². The van der Waals surface area contributed by atoms with Crippen molar-refractivity contribution in [3.05, 3.63) is 0 Å². The van der Waals surface area contributed by atoms with Crippen LogP contribution in [-0.2, 0) is 33.2 Å². The third-order valence-corrected chi connectivity index (χ3v) is 16.0. The fourth-order valence-electron chi connectivity index (χ4n) is 13.0. The highest BCUT2D eigenvalue weighted by molar-refractivity contribution is 5.79. The molecule has 8 fully saturated rings. The average molecular weight is 722 g/mol.